The highest BCUT2D eigenvalue weighted by Gasteiger charge is 2.19. The highest BCUT2D eigenvalue weighted by atomic mass is 28.4. The second kappa shape index (κ2) is 3.79. The van der Waals surface area contributed by atoms with Gasteiger partial charge < -0.3 is 8.84 Å². The van der Waals surface area contributed by atoms with Crippen LogP contribution in [0.4, 0.5) is 0 Å². The summed E-state index contributed by atoms with van der Waals surface area (Å²) in [5.74, 6) is 0.317. The van der Waals surface area contributed by atoms with E-state index in [9.17, 15) is 4.79 Å². The van der Waals surface area contributed by atoms with Gasteiger partial charge in [-0.05, 0) is 31.8 Å². The highest BCUT2D eigenvalue weighted by Crippen LogP contribution is 2.18. The Hall–Kier alpha value is -1.55. The molecule has 1 aromatic carbocycles. The summed E-state index contributed by atoms with van der Waals surface area (Å²) in [7, 11) is -1.78. The van der Waals surface area contributed by atoms with Gasteiger partial charge in [0.05, 0.1) is 0 Å². The van der Waals surface area contributed by atoms with Crippen LogP contribution in [0.5, 0.6) is 5.75 Å². The quantitative estimate of drug-likeness (QED) is 0.592. The third kappa shape index (κ3) is 2.33. The lowest BCUT2D eigenvalue weighted by molar-refractivity contribution is 0.482. The summed E-state index contributed by atoms with van der Waals surface area (Å²) in [4.78, 5) is 11.6. The molecule has 3 nitrogen and oxygen atoms in total. The van der Waals surface area contributed by atoms with Crippen molar-refractivity contribution in [3.8, 4) is 5.75 Å². The Bertz CT molecular complexity index is 566. The number of para-hydroxylation sites is 1. The lowest BCUT2D eigenvalue weighted by atomic mass is 10.2. The van der Waals surface area contributed by atoms with E-state index >= 15 is 0 Å². The number of hydrogen-bond acceptors (Lipinski definition) is 3. The number of rotatable bonds is 2. The average Bonchev–Trinajstić information content (AvgIpc) is 2.17. The van der Waals surface area contributed by atoms with Crippen LogP contribution in [0.3, 0.4) is 0 Å². The maximum Gasteiger partial charge on any atom is 0.377 e. The zero-order valence-electron chi connectivity index (χ0n) is 9.61. The molecule has 1 heterocycles. The fraction of sp³-hybridized carbons (Fsp3) is 0.250. The molecule has 0 N–H and O–H groups in total. The summed E-state index contributed by atoms with van der Waals surface area (Å²) in [6.45, 7) is 6.09. The van der Waals surface area contributed by atoms with Crippen LogP contribution in [0.1, 0.15) is 0 Å². The van der Waals surface area contributed by atoms with Gasteiger partial charge in [0.25, 0.3) is 0 Å². The van der Waals surface area contributed by atoms with Crippen LogP contribution in [-0.2, 0) is 0 Å². The molecular formula is C12H14O3Si. The largest absolute Gasteiger partial charge is 0.539 e. The molecular weight excluding hydrogens is 220 g/mol. The van der Waals surface area contributed by atoms with E-state index in [0.29, 0.717) is 11.3 Å². The normalized spacial score (nSPS) is 11.7. The Morgan fingerprint density at radius 3 is 2.56 bits per heavy atom. The Morgan fingerprint density at radius 1 is 1.19 bits per heavy atom. The lowest BCUT2D eigenvalue weighted by Gasteiger charge is -2.17. The maximum absolute atomic E-state index is 11.6. The minimum absolute atomic E-state index is 0.317. The first-order chi connectivity index (χ1) is 7.46. The van der Waals surface area contributed by atoms with E-state index in [1.54, 1.807) is 12.1 Å². The second-order valence-corrected chi connectivity index (χ2v) is 9.08. The highest BCUT2D eigenvalue weighted by molar-refractivity contribution is 6.70. The molecule has 0 atom stereocenters. The molecule has 16 heavy (non-hydrogen) atoms. The van der Waals surface area contributed by atoms with Gasteiger partial charge in [-0.2, -0.15) is 0 Å². The predicted molar refractivity (Wildman–Crippen MR) is 66.5 cm³/mol. The molecule has 0 amide bonds. The topological polar surface area (TPSA) is 39.4 Å². The molecule has 0 aliphatic heterocycles. The molecule has 0 saturated carbocycles. The van der Waals surface area contributed by atoms with Crippen molar-refractivity contribution in [3.05, 3.63) is 40.8 Å². The SMILES string of the molecule is C[Si](C)(C)Oc1cc2ccccc2oc1=O. The zero-order valence-corrected chi connectivity index (χ0v) is 10.6. The maximum atomic E-state index is 11.6. The first-order valence-corrected chi connectivity index (χ1v) is 8.58. The standard InChI is InChI=1S/C12H14O3Si/c1-16(2,3)15-11-8-9-6-4-5-7-10(9)14-12(11)13/h4-8H,1-3H3. The van der Waals surface area contributed by atoms with Gasteiger partial charge in [0.2, 0.25) is 8.32 Å². The third-order valence-electron chi connectivity index (χ3n) is 2.03. The molecule has 0 fully saturated rings. The zero-order chi connectivity index (χ0) is 11.8. The summed E-state index contributed by atoms with van der Waals surface area (Å²) in [6.07, 6.45) is 0. The molecule has 0 aliphatic rings. The molecule has 1 aromatic heterocycles. The van der Waals surface area contributed by atoms with Gasteiger partial charge in [0, 0.05) is 5.39 Å². The monoisotopic (exact) mass is 234 g/mol. The van der Waals surface area contributed by atoms with E-state index in [1.165, 1.54) is 0 Å². The van der Waals surface area contributed by atoms with Gasteiger partial charge in [-0.25, -0.2) is 4.79 Å². The second-order valence-electron chi connectivity index (χ2n) is 4.65. The van der Waals surface area contributed by atoms with Crippen molar-refractivity contribution in [2.45, 2.75) is 19.6 Å². The summed E-state index contributed by atoms with van der Waals surface area (Å²) < 4.78 is 10.9. The molecule has 0 bridgehead atoms. The molecule has 2 rings (SSSR count). The van der Waals surface area contributed by atoms with Crippen LogP contribution < -0.4 is 10.1 Å². The van der Waals surface area contributed by atoms with Crippen molar-refractivity contribution in [1.82, 2.24) is 0 Å². The van der Waals surface area contributed by atoms with Gasteiger partial charge >= 0.3 is 5.63 Å². The molecule has 2 aromatic rings. The van der Waals surface area contributed by atoms with E-state index in [2.05, 4.69) is 0 Å². The Kier molecular flexibility index (Phi) is 2.59. The summed E-state index contributed by atoms with van der Waals surface area (Å²) in [5, 5.41) is 0.885. The predicted octanol–water partition coefficient (Wildman–Crippen LogP) is 3.01. The fourth-order valence-electron chi connectivity index (χ4n) is 1.44. The van der Waals surface area contributed by atoms with Crippen LogP contribution in [-0.4, -0.2) is 8.32 Å². The van der Waals surface area contributed by atoms with Gasteiger partial charge in [0.1, 0.15) is 5.58 Å². The van der Waals surface area contributed by atoms with Crippen LogP contribution in [0.25, 0.3) is 11.0 Å². The summed E-state index contributed by atoms with van der Waals surface area (Å²) in [6, 6.07) is 9.16. The minimum Gasteiger partial charge on any atom is -0.539 e. The van der Waals surface area contributed by atoms with Crippen molar-refractivity contribution in [2.75, 3.05) is 0 Å². The summed E-state index contributed by atoms with van der Waals surface area (Å²) in [5.41, 5.74) is 0.191. The lowest BCUT2D eigenvalue weighted by Crippen LogP contribution is -2.31. The molecule has 84 valence electrons. The average molecular weight is 234 g/mol. The summed E-state index contributed by atoms with van der Waals surface area (Å²) >= 11 is 0. The molecule has 0 aliphatic carbocycles. The number of hydrogen-bond donors (Lipinski definition) is 0. The smallest absolute Gasteiger partial charge is 0.377 e. The van der Waals surface area contributed by atoms with E-state index in [1.807, 2.05) is 37.8 Å². The van der Waals surface area contributed by atoms with E-state index in [-0.39, 0.29) is 0 Å². The third-order valence-corrected chi connectivity index (χ3v) is 2.86. The van der Waals surface area contributed by atoms with Crippen molar-refractivity contribution in [3.63, 3.8) is 0 Å². The molecule has 0 unspecified atom stereocenters. The van der Waals surface area contributed by atoms with Crippen LogP contribution in [0.15, 0.2) is 39.5 Å². The van der Waals surface area contributed by atoms with Gasteiger partial charge in [-0.3, -0.25) is 0 Å². The van der Waals surface area contributed by atoms with Crippen molar-refractivity contribution >= 4 is 19.3 Å². The first kappa shape index (κ1) is 10.9. The molecule has 4 heteroatoms. The Morgan fingerprint density at radius 2 is 1.88 bits per heavy atom. The molecule has 0 spiro atoms. The van der Waals surface area contributed by atoms with Crippen molar-refractivity contribution < 1.29 is 8.84 Å². The van der Waals surface area contributed by atoms with Gasteiger partial charge in [-0.1, -0.05) is 18.2 Å². The van der Waals surface area contributed by atoms with Crippen molar-refractivity contribution in [2.24, 2.45) is 0 Å². The molecule has 0 radical (unpaired) electrons. The van der Waals surface area contributed by atoms with E-state index < -0.39 is 13.9 Å². The van der Waals surface area contributed by atoms with E-state index in [0.717, 1.165) is 5.39 Å². The first-order valence-electron chi connectivity index (χ1n) is 5.18. The molecule has 0 saturated heterocycles. The number of benzene rings is 1. The minimum atomic E-state index is -1.78. The Labute approximate surface area is 94.8 Å². The van der Waals surface area contributed by atoms with E-state index in [4.69, 9.17) is 8.84 Å². The van der Waals surface area contributed by atoms with Crippen LogP contribution in [0.2, 0.25) is 19.6 Å². The fourth-order valence-corrected chi connectivity index (χ4v) is 2.25. The van der Waals surface area contributed by atoms with Gasteiger partial charge in [0.15, 0.2) is 5.75 Å². The van der Waals surface area contributed by atoms with Crippen LogP contribution in [0, 0.1) is 0 Å². The van der Waals surface area contributed by atoms with Gasteiger partial charge in [-0.15, -0.1) is 0 Å². The van der Waals surface area contributed by atoms with Crippen LogP contribution >= 0.6 is 0 Å². The Balaban J connectivity index is 2.55. The number of fused-ring (bicyclic) bond motifs is 1. The van der Waals surface area contributed by atoms with Crippen molar-refractivity contribution in [1.29, 1.82) is 0 Å².